The zero-order chi connectivity index (χ0) is 22.9. The third-order valence-electron chi connectivity index (χ3n) is 5.78. The van der Waals surface area contributed by atoms with Gasteiger partial charge in [0.15, 0.2) is 0 Å². The molecule has 1 fully saturated rings. The molecule has 1 aliphatic heterocycles. The molecule has 0 bridgehead atoms. The average Bonchev–Trinajstić information content (AvgIpc) is 2.74. The Morgan fingerprint density at radius 2 is 1.78 bits per heavy atom. The molecule has 0 radical (unpaired) electrons. The number of hydrogen-bond donors (Lipinski definition) is 2. The maximum Gasteiger partial charge on any atom is 0.418 e. The van der Waals surface area contributed by atoms with Crippen LogP contribution in [0.1, 0.15) is 29.8 Å². The van der Waals surface area contributed by atoms with Crippen molar-refractivity contribution < 1.29 is 18.0 Å². The third kappa shape index (κ3) is 4.61. The minimum atomic E-state index is -4.40. The number of benzene rings is 1. The van der Waals surface area contributed by atoms with Gasteiger partial charge in [0, 0.05) is 41.8 Å². The molecular weight excluding hydrogens is 419 g/mol. The molecule has 32 heavy (non-hydrogen) atoms. The summed E-state index contributed by atoms with van der Waals surface area (Å²) in [6.07, 6.45) is -1.34. The van der Waals surface area contributed by atoms with Gasteiger partial charge in [0.2, 0.25) is 0 Å². The first-order valence-electron chi connectivity index (χ1n) is 10.4. The molecular formula is C23H24F3N5O. The average molecular weight is 443 g/mol. The number of anilines is 2. The number of alkyl halides is 3. The molecule has 4 rings (SSSR count). The number of rotatable bonds is 3. The summed E-state index contributed by atoms with van der Waals surface area (Å²) in [5, 5.41) is 7.83. The Balaban J connectivity index is 1.35. The van der Waals surface area contributed by atoms with Crippen LogP contribution in [-0.2, 0) is 6.18 Å². The molecule has 0 atom stereocenters. The van der Waals surface area contributed by atoms with E-state index in [2.05, 4.69) is 20.6 Å². The molecule has 0 saturated carbocycles. The van der Waals surface area contributed by atoms with Crippen LogP contribution in [0.3, 0.4) is 0 Å². The summed E-state index contributed by atoms with van der Waals surface area (Å²) in [6.45, 7) is 4.49. The molecule has 1 saturated heterocycles. The van der Waals surface area contributed by atoms with Crippen molar-refractivity contribution in [3.8, 4) is 0 Å². The number of carbonyl (C=O) groups excluding carboxylic acids is 1. The van der Waals surface area contributed by atoms with Crippen LogP contribution in [0.2, 0.25) is 0 Å². The number of fused-ring (bicyclic) bond motifs is 1. The summed E-state index contributed by atoms with van der Waals surface area (Å²) < 4.78 is 38.9. The van der Waals surface area contributed by atoms with Crippen molar-refractivity contribution in [2.45, 2.75) is 38.9 Å². The maximum atomic E-state index is 13.0. The molecule has 1 aliphatic rings. The van der Waals surface area contributed by atoms with E-state index >= 15 is 0 Å². The highest BCUT2D eigenvalue weighted by molar-refractivity contribution is 6.02. The zero-order valence-corrected chi connectivity index (χ0v) is 17.8. The number of amides is 2. The first-order chi connectivity index (χ1) is 15.2. The van der Waals surface area contributed by atoms with Gasteiger partial charge in [-0.15, -0.1) is 0 Å². The highest BCUT2D eigenvalue weighted by Gasteiger charge is 2.33. The minimum absolute atomic E-state index is 0.0276. The summed E-state index contributed by atoms with van der Waals surface area (Å²) in [5.41, 5.74) is 0.863. The Kier molecular flexibility index (Phi) is 5.90. The van der Waals surface area contributed by atoms with Crippen LogP contribution in [0.25, 0.3) is 10.8 Å². The van der Waals surface area contributed by atoms with Crippen LogP contribution in [0.5, 0.6) is 0 Å². The number of pyridine rings is 2. The molecule has 9 heteroatoms. The van der Waals surface area contributed by atoms with E-state index in [1.165, 1.54) is 13.0 Å². The van der Waals surface area contributed by atoms with Gasteiger partial charge in [-0.25, -0.2) is 9.78 Å². The normalized spacial score (nSPS) is 15.1. The highest BCUT2D eigenvalue weighted by atomic mass is 19.4. The van der Waals surface area contributed by atoms with Crippen molar-refractivity contribution in [2.75, 3.05) is 23.3 Å². The van der Waals surface area contributed by atoms with E-state index in [-0.39, 0.29) is 17.8 Å². The molecule has 3 heterocycles. The number of urea groups is 1. The number of nitrogens with one attached hydrogen (secondary N) is 2. The van der Waals surface area contributed by atoms with E-state index in [1.54, 1.807) is 6.20 Å². The van der Waals surface area contributed by atoms with Crippen molar-refractivity contribution in [2.24, 2.45) is 0 Å². The Labute approximate surface area is 183 Å². The molecule has 2 amide bonds. The second-order valence-corrected chi connectivity index (χ2v) is 7.96. The highest BCUT2D eigenvalue weighted by Crippen LogP contribution is 2.32. The van der Waals surface area contributed by atoms with Gasteiger partial charge in [-0.05, 0) is 51.0 Å². The lowest BCUT2D eigenvalue weighted by molar-refractivity contribution is -0.138. The van der Waals surface area contributed by atoms with E-state index in [9.17, 15) is 18.0 Å². The summed E-state index contributed by atoms with van der Waals surface area (Å²) in [5.74, 6) is 0.526. The van der Waals surface area contributed by atoms with Gasteiger partial charge in [-0.3, -0.25) is 4.98 Å². The van der Waals surface area contributed by atoms with Gasteiger partial charge in [0.05, 0.1) is 16.9 Å². The van der Waals surface area contributed by atoms with Crippen LogP contribution in [-0.4, -0.2) is 35.1 Å². The molecule has 0 unspecified atom stereocenters. The molecule has 6 nitrogen and oxygen atoms in total. The summed E-state index contributed by atoms with van der Waals surface area (Å²) in [4.78, 5) is 22.9. The largest absolute Gasteiger partial charge is 0.418 e. The van der Waals surface area contributed by atoms with Crippen LogP contribution in [0, 0.1) is 13.8 Å². The van der Waals surface area contributed by atoms with E-state index in [4.69, 9.17) is 0 Å². The number of hydrogen-bond acceptors (Lipinski definition) is 4. The fraction of sp³-hybridized carbons (Fsp3) is 0.348. The molecule has 168 valence electrons. The molecule has 3 aromatic rings. The first-order valence-corrected chi connectivity index (χ1v) is 10.4. The number of aryl methyl sites for hydroxylation is 2. The number of piperidine rings is 1. The van der Waals surface area contributed by atoms with Gasteiger partial charge < -0.3 is 15.5 Å². The Morgan fingerprint density at radius 3 is 2.47 bits per heavy atom. The fourth-order valence-electron chi connectivity index (χ4n) is 4.08. The van der Waals surface area contributed by atoms with E-state index in [0.29, 0.717) is 37.4 Å². The molecule has 0 spiro atoms. The van der Waals surface area contributed by atoms with E-state index < -0.39 is 11.7 Å². The number of aromatic nitrogens is 2. The second-order valence-electron chi connectivity index (χ2n) is 7.96. The number of carbonyl (C=O) groups is 1. The standard InChI is InChI=1S/C23H24F3N5O/c1-14-17-4-3-5-20(18(17)8-11-27-14)30-22(32)29-16-9-12-31(13-10-16)21-7-6-19(15(2)28-21)23(24,25)26/h3-8,11,16H,9-10,12-13H2,1-2H3,(H2,29,30,32). The first kappa shape index (κ1) is 21.9. The van der Waals surface area contributed by atoms with Crippen molar-refractivity contribution in [1.29, 1.82) is 0 Å². The number of halogens is 3. The smallest absolute Gasteiger partial charge is 0.356 e. The summed E-state index contributed by atoms with van der Waals surface area (Å²) >= 11 is 0. The van der Waals surface area contributed by atoms with Crippen molar-refractivity contribution in [3.63, 3.8) is 0 Å². The predicted molar refractivity (Wildman–Crippen MR) is 118 cm³/mol. The van der Waals surface area contributed by atoms with E-state index in [0.717, 1.165) is 22.5 Å². The summed E-state index contributed by atoms with van der Waals surface area (Å²) in [7, 11) is 0. The van der Waals surface area contributed by atoms with Crippen LogP contribution >= 0.6 is 0 Å². The summed E-state index contributed by atoms with van der Waals surface area (Å²) in [6, 6.07) is 9.74. The lowest BCUT2D eigenvalue weighted by atomic mass is 10.0. The maximum absolute atomic E-state index is 13.0. The topological polar surface area (TPSA) is 70.2 Å². The Morgan fingerprint density at radius 1 is 1.03 bits per heavy atom. The number of nitrogens with zero attached hydrogens (tertiary/aromatic N) is 3. The Hall–Kier alpha value is -3.36. The van der Waals surface area contributed by atoms with Gasteiger partial charge in [-0.2, -0.15) is 13.2 Å². The van der Waals surface area contributed by atoms with Crippen molar-refractivity contribution in [1.82, 2.24) is 15.3 Å². The van der Waals surface area contributed by atoms with Crippen molar-refractivity contribution >= 4 is 28.3 Å². The van der Waals surface area contributed by atoms with Crippen LogP contribution in [0.4, 0.5) is 29.5 Å². The van der Waals surface area contributed by atoms with E-state index in [1.807, 2.05) is 36.1 Å². The lowest BCUT2D eigenvalue weighted by Crippen LogP contribution is -2.46. The van der Waals surface area contributed by atoms with Crippen LogP contribution in [0.15, 0.2) is 42.6 Å². The third-order valence-corrected chi connectivity index (χ3v) is 5.78. The predicted octanol–water partition coefficient (Wildman–Crippen LogP) is 5.06. The lowest BCUT2D eigenvalue weighted by Gasteiger charge is -2.33. The second kappa shape index (κ2) is 8.64. The van der Waals surface area contributed by atoms with Gasteiger partial charge >= 0.3 is 12.2 Å². The van der Waals surface area contributed by atoms with Crippen molar-refractivity contribution in [3.05, 3.63) is 59.5 Å². The molecule has 1 aromatic carbocycles. The van der Waals surface area contributed by atoms with Crippen LogP contribution < -0.4 is 15.5 Å². The molecule has 0 aliphatic carbocycles. The monoisotopic (exact) mass is 443 g/mol. The quantitative estimate of drug-likeness (QED) is 0.594. The Bertz CT molecular complexity index is 1140. The van der Waals surface area contributed by atoms with Gasteiger partial charge in [0.1, 0.15) is 5.82 Å². The fourth-order valence-corrected chi connectivity index (χ4v) is 4.08. The van der Waals surface area contributed by atoms with Gasteiger partial charge in [0.25, 0.3) is 0 Å². The molecule has 2 aromatic heterocycles. The van der Waals surface area contributed by atoms with Gasteiger partial charge in [-0.1, -0.05) is 12.1 Å². The SMILES string of the molecule is Cc1nc(N2CCC(NC(=O)Nc3cccc4c(C)nccc34)CC2)ccc1C(F)(F)F. The zero-order valence-electron chi connectivity index (χ0n) is 17.8. The molecule has 2 N–H and O–H groups in total. The minimum Gasteiger partial charge on any atom is -0.356 e.